The van der Waals surface area contributed by atoms with E-state index < -0.39 is 5.41 Å². The fourth-order valence-electron chi connectivity index (χ4n) is 2.00. The Balaban J connectivity index is 2.72. The van der Waals surface area contributed by atoms with E-state index in [1.165, 1.54) is 0 Å². The lowest BCUT2D eigenvalue weighted by Gasteiger charge is -2.16. The van der Waals surface area contributed by atoms with Crippen LogP contribution in [0.15, 0.2) is 12.1 Å². The van der Waals surface area contributed by atoms with Crippen LogP contribution >= 0.6 is 11.6 Å². The van der Waals surface area contributed by atoms with Crippen LogP contribution in [0.5, 0.6) is 0 Å². The van der Waals surface area contributed by atoms with Gasteiger partial charge in [-0.15, -0.1) is 0 Å². The molecule has 1 heterocycles. The highest BCUT2D eigenvalue weighted by atomic mass is 35.5. The van der Waals surface area contributed by atoms with Gasteiger partial charge in [-0.05, 0) is 31.5 Å². The Kier molecular flexibility index (Phi) is 1.98. The molecule has 0 atom stereocenters. The maximum atomic E-state index is 11.9. The first-order valence-corrected chi connectivity index (χ1v) is 5.11. The SMILES string of the molecule is CN1C(=O)C(C)(C)c2cc(Cl)c(N)cc21. The first-order valence-electron chi connectivity index (χ1n) is 4.73. The highest BCUT2D eigenvalue weighted by Gasteiger charge is 2.42. The number of carbonyl (C=O) groups is 1. The molecule has 0 aliphatic carbocycles. The van der Waals surface area contributed by atoms with E-state index in [4.69, 9.17) is 17.3 Å². The Hall–Kier alpha value is -1.22. The zero-order valence-electron chi connectivity index (χ0n) is 8.97. The van der Waals surface area contributed by atoms with Gasteiger partial charge in [0.25, 0.3) is 0 Å². The highest BCUT2D eigenvalue weighted by Crippen LogP contribution is 2.43. The zero-order valence-corrected chi connectivity index (χ0v) is 9.72. The lowest BCUT2D eigenvalue weighted by Crippen LogP contribution is -2.33. The molecule has 0 saturated heterocycles. The van der Waals surface area contributed by atoms with Crippen molar-refractivity contribution in [3.63, 3.8) is 0 Å². The maximum Gasteiger partial charge on any atom is 0.236 e. The summed E-state index contributed by atoms with van der Waals surface area (Å²) < 4.78 is 0. The Bertz CT molecular complexity index is 454. The number of likely N-dealkylation sites (N-methyl/N-ethyl adjacent to an activating group) is 1. The number of hydrogen-bond acceptors (Lipinski definition) is 2. The highest BCUT2D eigenvalue weighted by molar-refractivity contribution is 6.33. The van der Waals surface area contributed by atoms with Crippen LogP contribution < -0.4 is 10.6 Å². The monoisotopic (exact) mass is 224 g/mol. The molecule has 15 heavy (non-hydrogen) atoms. The quantitative estimate of drug-likeness (QED) is 0.687. The first kappa shape index (κ1) is 10.3. The molecule has 0 unspecified atom stereocenters. The largest absolute Gasteiger partial charge is 0.397 e. The van der Waals surface area contributed by atoms with Gasteiger partial charge in [-0.2, -0.15) is 0 Å². The summed E-state index contributed by atoms with van der Waals surface area (Å²) in [4.78, 5) is 13.6. The fourth-order valence-corrected chi connectivity index (χ4v) is 2.16. The van der Waals surface area contributed by atoms with Crippen LogP contribution in [0.3, 0.4) is 0 Å². The second kappa shape index (κ2) is 2.89. The molecule has 1 aliphatic heterocycles. The number of halogens is 1. The molecule has 3 nitrogen and oxygen atoms in total. The summed E-state index contributed by atoms with van der Waals surface area (Å²) in [6.45, 7) is 3.79. The van der Waals surface area contributed by atoms with Crippen molar-refractivity contribution in [1.82, 2.24) is 0 Å². The summed E-state index contributed by atoms with van der Waals surface area (Å²) in [7, 11) is 1.75. The van der Waals surface area contributed by atoms with Gasteiger partial charge in [0.15, 0.2) is 0 Å². The van der Waals surface area contributed by atoms with E-state index >= 15 is 0 Å². The first-order chi connectivity index (χ1) is 6.85. The molecule has 2 N–H and O–H groups in total. The summed E-state index contributed by atoms with van der Waals surface area (Å²) in [5.74, 6) is 0.0687. The van der Waals surface area contributed by atoms with E-state index in [0.29, 0.717) is 10.7 Å². The topological polar surface area (TPSA) is 46.3 Å². The molecule has 1 amide bonds. The van der Waals surface area contributed by atoms with Crippen molar-refractivity contribution >= 4 is 28.9 Å². The van der Waals surface area contributed by atoms with Crippen molar-refractivity contribution in [1.29, 1.82) is 0 Å². The lowest BCUT2D eigenvalue weighted by molar-refractivity contribution is -0.121. The minimum atomic E-state index is -0.512. The number of anilines is 2. The standard InChI is InChI=1S/C11H13ClN2O/c1-11(2)6-4-7(12)8(13)5-9(6)14(3)10(11)15/h4-5H,13H2,1-3H3. The van der Waals surface area contributed by atoms with Crippen molar-refractivity contribution in [3.8, 4) is 0 Å². The van der Waals surface area contributed by atoms with E-state index in [-0.39, 0.29) is 5.91 Å². The number of hydrogen-bond donors (Lipinski definition) is 1. The van der Waals surface area contributed by atoms with Crippen molar-refractivity contribution in [2.24, 2.45) is 0 Å². The van der Waals surface area contributed by atoms with Crippen molar-refractivity contribution in [2.75, 3.05) is 17.7 Å². The molecule has 0 aromatic heterocycles. The van der Waals surface area contributed by atoms with Gasteiger partial charge >= 0.3 is 0 Å². The Morgan fingerprint density at radius 1 is 1.40 bits per heavy atom. The number of nitrogen functional groups attached to an aromatic ring is 1. The molecule has 1 aromatic carbocycles. The van der Waals surface area contributed by atoms with Gasteiger partial charge in [0.05, 0.1) is 16.1 Å². The normalized spacial score (nSPS) is 18.1. The third-order valence-corrected chi connectivity index (χ3v) is 3.32. The molecule has 0 bridgehead atoms. The molecule has 1 aromatic rings. The third kappa shape index (κ3) is 1.23. The molecule has 2 rings (SSSR count). The van der Waals surface area contributed by atoms with Crippen molar-refractivity contribution in [3.05, 3.63) is 22.7 Å². The minimum Gasteiger partial charge on any atom is -0.397 e. The van der Waals surface area contributed by atoms with E-state index in [1.807, 2.05) is 13.8 Å². The van der Waals surface area contributed by atoms with Crippen LogP contribution in [-0.2, 0) is 10.2 Å². The Labute approximate surface area is 93.8 Å². The van der Waals surface area contributed by atoms with Crippen LogP contribution in [0.4, 0.5) is 11.4 Å². The van der Waals surface area contributed by atoms with Gasteiger partial charge in [0.2, 0.25) is 5.91 Å². The number of nitrogens with zero attached hydrogens (tertiary/aromatic N) is 1. The fraction of sp³-hybridized carbons (Fsp3) is 0.364. The van der Waals surface area contributed by atoms with Gasteiger partial charge in [-0.3, -0.25) is 4.79 Å². The van der Waals surface area contributed by atoms with Crippen LogP contribution in [0.1, 0.15) is 19.4 Å². The number of carbonyl (C=O) groups excluding carboxylic acids is 1. The van der Waals surface area contributed by atoms with Gasteiger partial charge in [0.1, 0.15) is 0 Å². The van der Waals surface area contributed by atoms with Gasteiger partial charge in [-0.25, -0.2) is 0 Å². The second-order valence-electron chi connectivity index (χ2n) is 4.38. The number of fused-ring (bicyclic) bond motifs is 1. The van der Waals surface area contributed by atoms with E-state index in [0.717, 1.165) is 11.3 Å². The Morgan fingerprint density at radius 2 is 2.00 bits per heavy atom. The Morgan fingerprint density at radius 3 is 2.60 bits per heavy atom. The molecule has 4 heteroatoms. The van der Waals surface area contributed by atoms with Gasteiger partial charge < -0.3 is 10.6 Å². The summed E-state index contributed by atoms with van der Waals surface area (Å²) in [6.07, 6.45) is 0. The number of nitrogens with two attached hydrogens (primary N) is 1. The summed E-state index contributed by atoms with van der Waals surface area (Å²) in [5.41, 5.74) is 7.51. The number of amides is 1. The van der Waals surface area contributed by atoms with Crippen molar-refractivity contribution < 1.29 is 4.79 Å². The molecule has 80 valence electrons. The zero-order chi connectivity index (χ0) is 11.4. The smallest absolute Gasteiger partial charge is 0.236 e. The second-order valence-corrected chi connectivity index (χ2v) is 4.79. The molecule has 1 aliphatic rings. The predicted molar refractivity (Wildman–Crippen MR) is 62.3 cm³/mol. The molecule has 0 fully saturated rings. The van der Waals surface area contributed by atoms with E-state index in [2.05, 4.69) is 0 Å². The maximum absolute atomic E-state index is 11.9. The summed E-state index contributed by atoms with van der Waals surface area (Å²) in [5, 5.41) is 0.505. The number of rotatable bonds is 0. The molecule has 0 spiro atoms. The number of benzene rings is 1. The summed E-state index contributed by atoms with van der Waals surface area (Å²) >= 11 is 5.96. The average molecular weight is 225 g/mol. The summed E-state index contributed by atoms with van der Waals surface area (Å²) in [6, 6.07) is 3.54. The van der Waals surface area contributed by atoms with Crippen LogP contribution in [0.2, 0.25) is 5.02 Å². The van der Waals surface area contributed by atoms with E-state index in [1.54, 1.807) is 24.1 Å². The van der Waals surface area contributed by atoms with E-state index in [9.17, 15) is 4.79 Å². The molecular weight excluding hydrogens is 212 g/mol. The van der Waals surface area contributed by atoms with Gasteiger partial charge in [0, 0.05) is 12.7 Å². The molecular formula is C11H13ClN2O. The minimum absolute atomic E-state index is 0.0687. The van der Waals surface area contributed by atoms with Crippen LogP contribution in [0, 0.1) is 0 Å². The predicted octanol–water partition coefficient (Wildman–Crippen LogP) is 2.18. The third-order valence-electron chi connectivity index (χ3n) is 2.99. The van der Waals surface area contributed by atoms with Crippen LogP contribution in [-0.4, -0.2) is 13.0 Å². The molecule has 0 saturated carbocycles. The average Bonchev–Trinajstić information content (AvgIpc) is 2.32. The lowest BCUT2D eigenvalue weighted by atomic mass is 9.86. The van der Waals surface area contributed by atoms with Gasteiger partial charge in [-0.1, -0.05) is 11.6 Å². The van der Waals surface area contributed by atoms with Crippen molar-refractivity contribution in [2.45, 2.75) is 19.3 Å². The molecule has 0 radical (unpaired) electrons. The van der Waals surface area contributed by atoms with Crippen LogP contribution in [0.25, 0.3) is 0 Å².